The molecule has 1 aromatic heterocycles. The molecule has 212 valence electrons. The van der Waals surface area contributed by atoms with Gasteiger partial charge in [0.05, 0.1) is 13.2 Å². The molecule has 9 heteroatoms. The van der Waals surface area contributed by atoms with Crippen LogP contribution < -0.4 is 15.9 Å². The van der Waals surface area contributed by atoms with Crippen LogP contribution in [0.25, 0.3) is 17.1 Å². The van der Waals surface area contributed by atoms with Crippen LogP contribution >= 0.6 is 7.26 Å². The van der Waals surface area contributed by atoms with Crippen molar-refractivity contribution in [2.24, 2.45) is 0 Å². The molecule has 1 atom stereocenters. The number of hydrogen-bond acceptors (Lipinski definition) is 7. The summed E-state index contributed by atoms with van der Waals surface area (Å²) in [5.41, 5.74) is -0.314. The number of carbonyl (C=O) groups excluding carboxylic acids is 1. The van der Waals surface area contributed by atoms with Gasteiger partial charge < -0.3 is 14.6 Å². The summed E-state index contributed by atoms with van der Waals surface area (Å²) in [6.07, 6.45) is 0. The molecule has 5 aromatic rings. The molecule has 0 radical (unpaired) electrons. The number of aromatic nitrogens is 4. The first kappa shape index (κ1) is 28.7. The lowest BCUT2D eigenvalue weighted by Crippen LogP contribution is -2.45. The van der Waals surface area contributed by atoms with Crippen molar-refractivity contribution in [3.05, 3.63) is 127 Å². The van der Waals surface area contributed by atoms with Crippen molar-refractivity contribution in [1.82, 2.24) is 20.2 Å². The van der Waals surface area contributed by atoms with E-state index in [1.165, 1.54) is 4.80 Å². The van der Waals surface area contributed by atoms with Crippen LogP contribution in [0.3, 0.4) is 0 Å². The molecule has 0 aliphatic heterocycles. The van der Waals surface area contributed by atoms with Crippen molar-refractivity contribution in [3.63, 3.8) is 0 Å². The summed E-state index contributed by atoms with van der Waals surface area (Å²) in [7, 11) is -3.01. The molecule has 0 saturated heterocycles. The molecule has 0 saturated carbocycles. The molecule has 1 N–H and O–H groups in total. The molecule has 0 fully saturated rings. The highest BCUT2D eigenvalue weighted by Gasteiger charge is 2.60. The summed E-state index contributed by atoms with van der Waals surface area (Å²) >= 11 is 0. The number of carbonyl (C=O) groups is 1. The summed E-state index contributed by atoms with van der Waals surface area (Å²) in [4.78, 5) is 15.6. The van der Waals surface area contributed by atoms with Crippen molar-refractivity contribution < 1.29 is 19.4 Å². The molecule has 4 aromatic carbocycles. The Morgan fingerprint density at radius 1 is 0.738 bits per heavy atom. The third-order valence-electron chi connectivity index (χ3n) is 6.81. The molecule has 8 nitrogen and oxygen atoms in total. The molecule has 0 aliphatic rings. The molecular formula is C33H32N4O4P+. The topological polar surface area (TPSA) is 99.4 Å². The van der Waals surface area contributed by atoms with Crippen LogP contribution in [0.4, 0.5) is 0 Å². The second-order valence-electron chi connectivity index (χ2n) is 9.28. The molecule has 1 heterocycles. The fraction of sp³-hybridized carbons (Fsp3) is 0.152. The number of benzene rings is 4. The van der Waals surface area contributed by atoms with Crippen molar-refractivity contribution in [2.75, 3.05) is 13.2 Å². The average Bonchev–Trinajstić information content (AvgIpc) is 3.53. The van der Waals surface area contributed by atoms with Gasteiger partial charge in [-0.1, -0.05) is 84.9 Å². The van der Waals surface area contributed by atoms with Gasteiger partial charge in [0.1, 0.15) is 23.2 Å². The predicted molar refractivity (Wildman–Crippen MR) is 166 cm³/mol. The van der Waals surface area contributed by atoms with Crippen LogP contribution in [0.15, 0.2) is 127 Å². The Morgan fingerprint density at radius 3 is 1.64 bits per heavy atom. The number of esters is 1. The Bertz CT molecular complexity index is 1530. The van der Waals surface area contributed by atoms with Crippen LogP contribution in [0.2, 0.25) is 0 Å². The van der Waals surface area contributed by atoms with Gasteiger partial charge in [0, 0.05) is 5.56 Å². The quantitative estimate of drug-likeness (QED) is 0.134. The zero-order valence-electron chi connectivity index (χ0n) is 23.4. The van der Waals surface area contributed by atoms with Gasteiger partial charge in [0.25, 0.3) is 0 Å². The largest absolute Gasteiger partial charge is 0.479 e. The molecule has 0 spiro atoms. The summed E-state index contributed by atoms with van der Waals surface area (Å²) in [5, 5.41) is 27.6. The molecule has 5 rings (SSSR count). The van der Waals surface area contributed by atoms with E-state index in [0.717, 1.165) is 21.5 Å². The summed E-state index contributed by atoms with van der Waals surface area (Å²) in [6.45, 7) is 3.80. The first-order valence-corrected chi connectivity index (χ1v) is 15.6. The maximum Gasteiger partial charge on any atom is 0.355 e. The SMILES string of the molecule is CCOC(=O)C(/C(=C(\O)OCC)n1nnc(-c2ccccc2)n1)[P+](c1ccccc1)(c1ccccc1)c1ccccc1. The molecule has 0 aliphatic carbocycles. The van der Waals surface area contributed by atoms with Crippen molar-refractivity contribution in [2.45, 2.75) is 19.5 Å². The fourth-order valence-electron chi connectivity index (χ4n) is 5.10. The first-order valence-electron chi connectivity index (χ1n) is 13.7. The average molecular weight is 580 g/mol. The minimum Gasteiger partial charge on any atom is -0.479 e. The molecule has 42 heavy (non-hydrogen) atoms. The van der Waals surface area contributed by atoms with E-state index < -0.39 is 24.8 Å². The number of nitrogens with zero attached hydrogens (tertiary/aromatic N) is 4. The molecule has 0 amide bonds. The highest BCUT2D eigenvalue weighted by molar-refractivity contribution is 7.97. The maximum absolute atomic E-state index is 14.4. The Morgan fingerprint density at radius 2 is 1.19 bits per heavy atom. The maximum atomic E-state index is 14.4. The summed E-state index contributed by atoms with van der Waals surface area (Å²) in [6, 6.07) is 39.0. The number of rotatable bonds is 11. The normalized spacial score (nSPS) is 12.7. The Balaban J connectivity index is 1.89. The third kappa shape index (κ3) is 5.54. The second-order valence-corrected chi connectivity index (χ2v) is 12.8. The van der Waals surface area contributed by atoms with Gasteiger partial charge in [0.2, 0.25) is 11.5 Å². The molecular weight excluding hydrogens is 547 g/mol. The van der Waals surface area contributed by atoms with Gasteiger partial charge in [-0.15, -0.1) is 15.0 Å². The highest BCUT2D eigenvalue weighted by atomic mass is 31.2. The highest BCUT2D eigenvalue weighted by Crippen LogP contribution is 2.63. The smallest absolute Gasteiger partial charge is 0.355 e. The molecule has 0 bridgehead atoms. The Labute approximate surface area is 245 Å². The lowest BCUT2D eigenvalue weighted by Gasteiger charge is -2.33. The van der Waals surface area contributed by atoms with E-state index in [1.807, 2.05) is 121 Å². The van der Waals surface area contributed by atoms with E-state index in [0.29, 0.717) is 5.82 Å². The van der Waals surface area contributed by atoms with Crippen LogP contribution in [-0.2, 0) is 14.3 Å². The van der Waals surface area contributed by atoms with Crippen LogP contribution in [0.5, 0.6) is 0 Å². The van der Waals surface area contributed by atoms with E-state index in [2.05, 4.69) is 15.4 Å². The standard InChI is InChI=1S/C33H31N4O4P/c1-3-40-32(38)29(37-35-31(34-36-37)25-17-9-5-10-18-25)30(33(39)41-4-2)42(26-19-11-6-12-20-26,27-21-13-7-14-22-27)28-23-15-8-16-24-28/h5-24,30H,3-4H2,1-2H3/p+1/b32-29-. The summed E-state index contributed by atoms with van der Waals surface area (Å²) < 4.78 is 11.5. The Kier molecular flexibility index (Phi) is 9.05. The second kappa shape index (κ2) is 13.2. The van der Waals surface area contributed by atoms with Gasteiger partial charge in [0.15, 0.2) is 5.70 Å². The lowest BCUT2D eigenvalue weighted by atomic mass is 10.2. The van der Waals surface area contributed by atoms with Crippen LogP contribution in [0.1, 0.15) is 13.8 Å². The van der Waals surface area contributed by atoms with Crippen LogP contribution in [-0.4, -0.2) is 50.2 Å². The van der Waals surface area contributed by atoms with E-state index in [9.17, 15) is 9.90 Å². The lowest BCUT2D eigenvalue weighted by molar-refractivity contribution is -0.141. The van der Waals surface area contributed by atoms with Gasteiger partial charge >= 0.3 is 11.9 Å². The zero-order chi connectivity index (χ0) is 29.4. The van der Waals surface area contributed by atoms with Crippen molar-refractivity contribution >= 4 is 34.8 Å². The van der Waals surface area contributed by atoms with Gasteiger partial charge in [-0.05, 0) is 55.5 Å². The summed E-state index contributed by atoms with van der Waals surface area (Å²) in [5.74, 6) is -0.676. The van der Waals surface area contributed by atoms with Gasteiger partial charge in [-0.2, -0.15) is 0 Å². The monoisotopic (exact) mass is 579 g/mol. The van der Waals surface area contributed by atoms with Crippen LogP contribution in [0, 0.1) is 0 Å². The van der Waals surface area contributed by atoms with E-state index in [1.54, 1.807) is 13.8 Å². The number of hydrogen-bond donors (Lipinski definition) is 1. The number of aliphatic hydroxyl groups is 1. The Hall–Kier alpha value is -4.81. The molecule has 1 unspecified atom stereocenters. The predicted octanol–water partition coefficient (Wildman–Crippen LogP) is 4.99. The number of aliphatic hydroxyl groups excluding tert-OH is 1. The fourth-order valence-corrected chi connectivity index (χ4v) is 9.79. The van der Waals surface area contributed by atoms with Gasteiger partial charge in [-0.25, -0.2) is 4.79 Å². The minimum atomic E-state index is -3.01. The van der Waals surface area contributed by atoms with E-state index in [4.69, 9.17) is 9.47 Å². The van der Waals surface area contributed by atoms with E-state index >= 15 is 0 Å². The van der Waals surface area contributed by atoms with E-state index in [-0.39, 0.29) is 18.9 Å². The van der Waals surface area contributed by atoms with Gasteiger partial charge in [-0.3, -0.25) is 0 Å². The third-order valence-corrected chi connectivity index (χ3v) is 11.4. The first-order chi connectivity index (χ1) is 20.6. The number of ether oxygens (including phenoxy) is 2. The minimum absolute atomic E-state index is 0.0508. The van der Waals surface area contributed by atoms with Crippen molar-refractivity contribution in [1.29, 1.82) is 0 Å². The van der Waals surface area contributed by atoms with Crippen molar-refractivity contribution in [3.8, 4) is 11.4 Å². The zero-order valence-corrected chi connectivity index (χ0v) is 24.3. The number of tetrazole rings is 1.